The second-order valence-electron chi connectivity index (χ2n) is 8.26. The molecule has 0 spiro atoms. The highest BCUT2D eigenvalue weighted by Crippen LogP contribution is 2.36. The summed E-state index contributed by atoms with van der Waals surface area (Å²) in [5.74, 6) is -1.28. The summed E-state index contributed by atoms with van der Waals surface area (Å²) in [5, 5.41) is 13.2. The van der Waals surface area contributed by atoms with Crippen molar-refractivity contribution in [3.05, 3.63) is 63.5 Å². The zero-order valence-electron chi connectivity index (χ0n) is 18.0. The average molecular weight is 491 g/mol. The molecule has 2 N–H and O–H groups in total. The third-order valence-corrected chi connectivity index (χ3v) is 7.82. The first-order valence-electron chi connectivity index (χ1n) is 10.4. The van der Waals surface area contributed by atoms with Crippen LogP contribution in [-0.2, 0) is 15.3 Å². The van der Waals surface area contributed by atoms with Gasteiger partial charge in [0.15, 0.2) is 0 Å². The minimum Gasteiger partial charge on any atom is -0.363 e. The van der Waals surface area contributed by atoms with Crippen molar-refractivity contribution >= 4 is 26.7 Å². The molecule has 0 unspecified atom stereocenters. The molecule has 1 fully saturated rings. The smallest absolute Gasteiger partial charge is 0.266 e. The number of pyridine rings is 1. The Bertz CT molecular complexity index is 1450. The van der Waals surface area contributed by atoms with Crippen molar-refractivity contribution in [3.8, 4) is 6.07 Å². The highest BCUT2D eigenvalue weighted by atomic mass is 32.2. The second kappa shape index (κ2) is 8.72. The highest BCUT2D eigenvalue weighted by Gasteiger charge is 2.41. The van der Waals surface area contributed by atoms with E-state index in [0.717, 1.165) is 6.07 Å². The summed E-state index contributed by atoms with van der Waals surface area (Å²) >= 11 is 0. The first-order chi connectivity index (χ1) is 16.1. The van der Waals surface area contributed by atoms with Crippen LogP contribution in [0.15, 0.2) is 35.4 Å². The minimum atomic E-state index is -3.29. The molecule has 12 heteroatoms. The SMILES string of the molecule is C[C@@H](Nc1ncnc2[nH]c(=O)c(C3(C#N)CCS(=O)(=O)CC3)cc12)c1cccc(C(F)F)c1F. The molecular weight excluding hydrogens is 471 g/mol. The molecule has 4 rings (SSSR count). The number of anilines is 1. The van der Waals surface area contributed by atoms with E-state index < -0.39 is 44.7 Å². The van der Waals surface area contributed by atoms with Gasteiger partial charge < -0.3 is 10.3 Å². The van der Waals surface area contributed by atoms with Crippen LogP contribution in [0.4, 0.5) is 19.0 Å². The Kier molecular flexibility index (Phi) is 6.07. The fourth-order valence-electron chi connectivity index (χ4n) is 4.17. The number of hydrogen-bond acceptors (Lipinski definition) is 7. The van der Waals surface area contributed by atoms with Crippen LogP contribution in [0.1, 0.15) is 48.9 Å². The van der Waals surface area contributed by atoms with Crippen molar-refractivity contribution in [3.63, 3.8) is 0 Å². The quantitative estimate of drug-likeness (QED) is 0.559. The molecule has 0 aliphatic carbocycles. The third-order valence-electron chi connectivity index (χ3n) is 6.17. The Hall–Kier alpha value is -3.46. The van der Waals surface area contributed by atoms with E-state index in [9.17, 15) is 31.6 Å². The Morgan fingerprint density at radius 1 is 1.21 bits per heavy atom. The number of nitrogens with zero attached hydrogens (tertiary/aromatic N) is 3. The molecule has 0 amide bonds. The fraction of sp³-hybridized carbons (Fsp3) is 0.364. The lowest BCUT2D eigenvalue weighted by molar-refractivity contribution is 0.146. The second-order valence-corrected chi connectivity index (χ2v) is 10.6. The van der Waals surface area contributed by atoms with E-state index in [4.69, 9.17) is 0 Å². The van der Waals surface area contributed by atoms with Crippen LogP contribution in [0.2, 0.25) is 0 Å². The van der Waals surface area contributed by atoms with Gasteiger partial charge in [-0.2, -0.15) is 5.26 Å². The lowest BCUT2D eigenvalue weighted by Gasteiger charge is -2.30. The number of halogens is 3. The van der Waals surface area contributed by atoms with E-state index >= 15 is 0 Å². The molecular formula is C22H20F3N5O3S. The molecule has 1 aliphatic rings. The number of rotatable bonds is 5. The molecule has 1 saturated heterocycles. The average Bonchev–Trinajstić information content (AvgIpc) is 2.79. The third kappa shape index (κ3) is 4.23. The van der Waals surface area contributed by atoms with Gasteiger partial charge in [-0.3, -0.25) is 4.79 Å². The van der Waals surface area contributed by atoms with Crippen LogP contribution >= 0.6 is 0 Å². The summed E-state index contributed by atoms with van der Waals surface area (Å²) in [6.07, 6.45) is -1.86. The molecule has 8 nitrogen and oxygen atoms in total. The van der Waals surface area contributed by atoms with Gasteiger partial charge in [0.05, 0.1) is 40.0 Å². The summed E-state index contributed by atoms with van der Waals surface area (Å²) in [7, 11) is -3.29. The summed E-state index contributed by atoms with van der Waals surface area (Å²) < 4.78 is 64.6. The number of H-pyrrole nitrogens is 1. The number of nitrogens with one attached hydrogen (secondary N) is 2. The lowest BCUT2D eigenvalue weighted by Crippen LogP contribution is -2.39. The summed E-state index contributed by atoms with van der Waals surface area (Å²) in [6, 6.07) is 6.50. The van der Waals surface area contributed by atoms with E-state index in [2.05, 4.69) is 26.3 Å². The zero-order chi connectivity index (χ0) is 24.7. The van der Waals surface area contributed by atoms with Crippen LogP contribution in [0.25, 0.3) is 11.0 Å². The fourth-order valence-corrected chi connectivity index (χ4v) is 5.69. The van der Waals surface area contributed by atoms with Gasteiger partial charge in [0.25, 0.3) is 12.0 Å². The summed E-state index contributed by atoms with van der Waals surface area (Å²) in [5.41, 5.74) is -2.34. The van der Waals surface area contributed by atoms with Gasteiger partial charge >= 0.3 is 0 Å². The molecule has 3 aromatic rings. The predicted molar refractivity (Wildman–Crippen MR) is 119 cm³/mol. The van der Waals surface area contributed by atoms with Gasteiger partial charge in [0.2, 0.25) is 0 Å². The van der Waals surface area contributed by atoms with Crippen molar-refractivity contribution in [1.82, 2.24) is 15.0 Å². The molecule has 1 atom stereocenters. The van der Waals surface area contributed by atoms with E-state index in [1.807, 2.05) is 0 Å². The van der Waals surface area contributed by atoms with Crippen LogP contribution in [-0.4, -0.2) is 34.9 Å². The van der Waals surface area contributed by atoms with E-state index in [1.165, 1.54) is 24.5 Å². The summed E-state index contributed by atoms with van der Waals surface area (Å²) in [4.78, 5) is 23.6. The van der Waals surface area contributed by atoms with Gasteiger partial charge in [0, 0.05) is 11.1 Å². The first kappa shape index (κ1) is 23.7. The highest BCUT2D eigenvalue weighted by molar-refractivity contribution is 7.91. The molecule has 0 bridgehead atoms. The van der Waals surface area contributed by atoms with Crippen LogP contribution in [0.5, 0.6) is 0 Å². The monoisotopic (exact) mass is 491 g/mol. The zero-order valence-corrected chi connectivity index (χ0v) is 18.8. The van der Waals surface area contributed by atoms with Crippen LogP contribution < -0.4 is 10.9 Å². The molecule has 34 heavy (non-hydrogen) atoms. The standard InChI is InChI=1S/C22H20F3N5O3S/c1-12(13-3-2-4-14(17(13)23)18(24)25)29-19-15-9-16(21(31)30-20(15)28-11-27-19)22(10-26)5-7-34(32,33)8-6-22/h2-4,9,11-12,18H,5-8H2,1H3,(H2,27,28,29,30,31)/t12-/m1/s1. The number of nitriles is 1. The molecule has 0 radical (unpaired) electrons. The van der Waals surface area contributed by atoms with Crippen molar-refractivity contribution in [2.45, 2.75) is 37.6 Å². The maximum atomic E-state index is 14.6. The maximum Gasteiger partial charge on any atom is 0.266 e. The lowest BCUT2D eigenvalue weighted by atomic mass is 9.77. The van der Waals surface area contributed by atoms with Crippen molar-refractivity contribution in [2.24, 2.45) is 0 Å². The van der Waals surface area contributed by atoms with E-state index in [0.29, 0.717) is 5.39 Å². The predicted octanol–water partition coefficient (Wildman–Crippen LogP) is 3.54. The van der Waals surface area contributed by atoms with Crippen LogP contribution in [0.3, 0.4) is 0 Å². The molecule has 1 aromatic carbocycles. The van der Waals surface area contributed by atoms with Crippen molar-refractivity contribution in [2.75, 3.05) is 16.8 Å². The van der Waals surface area contributed by atoms with Crippen molar-refractivity contribution in [1.29, 1.82) is 5.26 Å². The first-order valence-corrected chi connectivity index (χ1v) is 12.2. The van der Waals surface area contributed by atoms with Gasteiger partial charge in [-0.15, -0.1) is 0 Å². The number of aromatic nitrogens is 3. The Morgan fingerprint density at radius 2 is 1.88 bits per heavy atom. The molecule has 0 saturated carbocycles. The molecule has 1 aliphatic heterocycles. The number of benzene rings is 1. The molecule has 178 valence electrons. The normalized spacial score (nSPS) is 17.9. The minimum absolute atomic E-state index is 0.000178. The number of sulfone groups is 1. The maximum absolute atomic E-state index is 14.6. The van der Waals surface area contributed by atoms with Gasteiger partial charge in [-0.25, -0.2) is 31.6 Å². The topological polar surface area (TPSA) is 129 Å². The van der Waals surface area contributed by atoms with Gasteiger partial charge in [-0.05, 0) is 25.8 Å². The Morgan fingerprint density at radius 3 is 2.53 bits per heavy atom. The largest absolute Gasteiger partial charge is 0.363 e. The van der Waals surface area contributed by atoms with Gasteiger partial charge in [0.1, 0.15) is 33.4 Å². The number of fused-ring (bicyclic) bond motifs is 1. The van der Waals surface area contributed by atoms with E-state index in [-0.39, 0.29) is 46.9 Å². The van der Waals surface area contributed by atoms with Crippen molar-refractivity contribution < 1.29 is 21.6 Å². The Labute approximate surface area is 192 Å². The summed E-state index contributed by atoms with van der Waals surface area (Å²) in [6.45, 7) is 1.57. The molecule has 2 aromatic heterocycles. The van der Waals surface area contributed by atoms with Crippen LogP contribution in [0, 0.1) is 17.1 Å². The molecule has 3 heterocycles. The number of aromatic amines is 1. The number of hydrogen-bond donors (Lipinski definition) is 2. The Balaban J connectivity index is 1.77. The number of alkyl halides is 2. The van der Waals surface area contributed by atoms with Gasteiger partial charge in [-0.1, -0.05) is 18.2 Å². The van der Waals surface area contributed by atoms with E-state index in [1.54, 1.807) is 6.92 Å².